The number of carbonyl (C=O) groups excluding carboxylic acids is 1. The Bertz CT molecular complexity index is 1160. The molecular formula is C26H30N4O2S. The number of nitrogens with one attached hydrogen (secondary N) is 1. The summed E-state index contributed by atoms with van der Waals surface area (Å²) < 4.78 is 7.05. The Balaban J connectivity index is 1.78. The largest absolute Gasteiger partial charge is 0.465 e. The van der Waals surface area contributed by atoms with Crippen molar-refractivity contribution in [3.63, 3.8) is 0 Å². The van der Waals surface area contributed by atoms with Crippen LogP contribution >= 0.6 is 12.2 Å². The summed E-state index contributed by atoms with van der Waals surface area (Å²) in [6.07, 6.45) is 1.83. The average Bonchev–Trinajstić information content (AvgIpc) is 3.28. The number of hydrogen-bond acceptors (Lipinski definition) is 4. The van der Waals surface area contributed by atoms with Crippen LogP contribution in [0, 0.1) is 19.8 Å². The van der Waals surface area contributed by atoms with Crippen molar-refractivity contribution in [2.75, 3.05) is 13.7 Å². The van der Waals surface area contributed by atoms with Gasteiger partial charge in [-0.3, -0.25) is 4.98 Å². The highest BCUT2D eigenvalue weighted by Gasteiger charge is 2.41. The molecule has 33 heavy (non-hydrogen) atoms. The molecule has 7 heteroatoms. The van der Waals surface area contributed by atoms with E-state index in [9.17, 15) is 4.79 Å². The molecule has 4 rings (SSSR count). The van der Waals surface area contributed by atoms with Crippen molar-refractivity contribution in [3.8, 4) is 5.69 Å². The minimum absolute atomic E-state index is 0.0316. The fourth-order valence-electron chi connectivity index (χ4n) is 4.68. The Hall–Kier alpha value is -3.19. The first-order valence-electron chi connectivity index (χ1n) is 11.2. The van der Waals surface area contributed by atoms with E-state index in [0.29, 0.717) is 11.5 Å². The molecule has 1 N–H and O–H groups in total. The second kappa shape index (κ2) is 9.35. The van der Waals surface area contributed by atoms with Crippen molar-refractivity contribution >= 4 is 23.3 Å². The summed E-state index contributed by atoms with van der Waals surface area (Å²) in [6, 6.07) is 15.7. The Kier molecular flexibility index (Phi) is 6.51. The second-order valence-electron chi connectivity index (χ2n) is 8.87. The standard InChI is InChI=1S/C26H30N4O2S/c1-16(2)15-29-24(23(28-26(29)33)22-8-6-7-13-27-22)21-14-17(3)30(18(21)4)20-11-9-19(10-12-20)25(31)32-5/h6-14,16,23-24H,15H2,1-5H3,(H,28,33)/t23-,24+/m0/s1. The molecule has 1 aliphatic heterocycles. The summed E-state index contributed by atoms with van der Waals surface area (Å²) in [6.45, 7) is 9.52. The molecule has 0 saturated carbocycles. The van der Waals surface area contributed by atoms with Crippen molar-refractivity contribution in [1.29, 1.82) is 0 Å². The van der Waals surface area contributed by atoms with Crippen molar-refractivity contribution in [3.05, 3.63) is 82.9 Å². The van der Waals surface area contributed by atoms with Gasteiger partial charge in [-0.1, -0.05) is 19.9 Å². The van der Waals surface area contributed by atoms with E-state index in [0.717, 1.165) is 34.4 Å². The molecule has 0 spiro atoms. The maximum absolute atomic E-state index is 11.8. The smallest absolute Gasteiger partial charge is 0.337 e. The highest BCUT2D eigenvalue weighted by Crippen LogP contribution is 2.41. The number of methoxy groups -OCH3 is 1. The summed E-state index contributed by atoms with van der Waals surface area (Å²) in [5.74, 6) is 0.125. The van der Waals surface area contributed by atoms with Gasteiger partial charge in [0.05, 0.1) is 30.5 Å². The number of thiocarbonyl (C=S) groups is 1. The summed E-state index contributed by atoms with van der Waals surface area (Å²) in [5, 5.41) is 4.29. The molecule has 0 bridgehead atoms. The van der Waals surface area contributed by atoms with E-state index in [-0.39, 0.29) is 18.1 Å². The van der Waals surface area contributed by atoms with E-state index in [4.69, 9.17) is 17.0 Å². The predicted octanol–water partition coefficient (Wildman–Crippen LogP) is 4.90. The molecular weight excluding hydrogens is 432 g/mol. The molecule has 3 heterocycles. The van der Waals surface area contributed by atoms with Gasteiger partial charge in [0.15, 0.2) is 5.11 Å². The number of nitrogens with zero attached hydrogens (tertiary/aromatic N) is 3. The molecule has 6 nitrogen and oxygen atoms in total. The molecule has 1 fully saturated rings. The van der Waals surface area contributed by atoms with Crippen LogP contribution in [-0.2, 0) is 4.74 Å². The number of esters is 1. The first-order chi connectivity index (χ1) is 15.8. The van der Waals surface area contributed by atoms with Gasteiger partial charge in [0.25, 0.3) is 0 Å². The SMILES string of the molecule is COC(=O)c1ccc(-n2c(C)cc([C@@H]3[C@H](c4ccccn4)NC(=S)N3CC(C)C)c2C)cc1. The molecule has 3 aromatic rings. The van der Waals surface area contributed by atoms with Crippen LogP contribution in [0.4, 0.5) is 0 Å². The predicted molar refractivity (Wildman–Crippen MR) is 134 cm³/mol. The van der Waals surface area contributed by atoms with Gasteiger partial charge in [-0.15, -0.1) is 0 Å². The third-order valence-electron chi connectivity index (χ3n) is 6.10. The number of carbonyl (C=O) groups is 1. The highest BCUT2D eigenvalue weighted by molar-refractivity contribution is 7.80. The van der Waals surface area contributed by atoms with E-state index in [1.807, 2.05) is 30.5 Å². The monoisotopic (exact) mass is 462 g/mol. The molecule has 0 radical (unpaired) electrons. The molecule has 1 aliphatic rings. The lowest BCUT2D eigenvalue weighted by Gasteiger charge is -2.29. The normalized spacial score (nSPS) is 18.0. The van der Waals surface area contributed by atoms with Crippen LogP contribution in [0.15, 0.2) is 54.7 Å². The maximum atomic E-state index is 11.8. The van der Waals surface area contributed by atoms with Crippen LogP contribution < -0.4 is 5.32 Å². The zero-order chi connectivity index (χ0) is 23.7. The van der Waals surface area contributed by atoms with Gasteiger partial charge in [-0.2, -0.15) is 0 Å². The third kappa shape index (κ3) is 4.37. The number of benzene rings is 1. The fourth-order valence-corrected chi connectivity index (χ4v) is 5.00. The zero-order valence-corrected chi connectivity index (χ0v) is 20.5. The summed E-state index contributed by atoms with van der Waals surface area (Å²) in [4.78, 5) is 18.8. The number of hydrogen-bond donors (Lipinski definition) is 1. The first-order valence-corrected chi connectivity index (χ1v) is 11.6. The van der Waals surface area contributed by atoms with Crippen LogP contribution in [0.2, 0.25) is 0 Å². The molecule has 0 aliphatic carbocycles. The lowest BCUT2D eigenvalue weighted by molar-refractivity contribution is 0.0600. The van der Waals surface area contributed by atoms with Crippen LogP contribution in [-0.4, -0.2) is 39.2 Å². The topological polar surface area (TPSA) is 59.4 Å². The van der Waals surface area contributed by atoms with Gasteiger partial charge in [0.2, 0.25) is 0 Å². The third-order valence-corrected chi connectivity index (χ3v) is 6.45. The van der Waals surface area contributed by atoms with Gasteiger partial charge in [-0.25, -0.2) is 4.79 Å². The molecule has 1 saturated heterocycles. The quantitative estimate of drug-likeness (QED) is 0.415. The second-order valence-corrected chi connectivity index (χ2v) is 9.26. The minimum atomic E-state index is -0.337. The van der Waals surface area contributed by atoms with Crippen molar-refractivity contribution in [1.82, 2.24) is 19.8 Å². The van der Waals surface area contributed by atoms with E-state index >= 15 is 0 Å². The van der Waals surface area contributed by atoms with Gasteiger partial charge < -0.3 is 19.5 Å². The molecule has 2 atom stereocenters. The number of rotatable bonds is 6. The number of ether oxygens (including phenoxy) is 1. The Morgan fingerprint density at radius 1 is 1.18 bits per heavy atom. The number of aryl methyl sites for hydroxylation is 1. The van der Waals surface area contributed by atoms with E-state index in [1.165, 1.54) is 12.7 Å². The molecule has 2 aromatic heterocycles. The molecule has 172 valence electrons. The lowest BCUT2D eigenvalue weighted by atomic mass is 9.96. The zero-order valence-electron chi connectivity index (χ0n) is 19.7. The first kappa shape index (κ1) is 23.0. The van der Waals surface area contributed by atoms with Gasteiger partial charge in [0.1, 0.15) is 0 Å². The lowest BCUT2D eigenvalue weighted by Crippen LogP contribution is -2.33. The van der Waals surface area contributed by atoms with Crippen molar-refractivity contribution < 1.29 is 9.53 Å². The molecule has 1 aromatic carbocycles. The number of aromatic nitrogens is 2. The summed E-state index contributed by atoms with van der Waals surface area (Å²) >= 11 is 5.78. The highest BCUT2D eigenvalue weighted by atomic mass is 32.1. The molecule has 0 amide bonds. The van der Waals surface area contributed by atoms with Gasteiger partial charge in [0, 0.05) is 29.8 Å². The van der Waals surface area contributed by atoms with Crippen molar-refractivity contribution in [2.45, 2.75) is 39.8 Å². The van der Waals surface area contributed by atoms with Gasteiger partial charge >= 0.3 is 5.97 Å². The Morgan fingerprint density at radius 3 is 2.52 bits per heavy atom. The molecule has 0 unspecified atom stereocenters. The van der Waals surface area contributed by atoms with E-state index in [2.05, 4.69) is 59.6 Å². The number of pyridine rings is 1. The minimum Gasteiger partial charge on any atom is -0.465 e. The van der Waals surface area contributed by atoms with Crippen LogP contribution in [0.1, 0.15) is 58.9 Å². The van der Waals surface area contributed by atoms with E-state index in [1.54, 1.807) is 12.1 Å². The van der Waals surface area contributed by atoms with Crippen LogP contribution in [0.5, 0.6) is 0 Å². The Morgan fingerprint density at radius 2 is 1.91 bits per heavy atom. The summed E-state index contributed by atoms with van der Waals surface area (Å²) in [5.41, 5.74) is 5.99. The fraction of sp³-hybridized carbons (Fsp3) is 0.346. The van der Waals surface area contributed by atoms with Crippen LogP contribution in [0.3, 0.4) is 0 Å². The van der Waals surface area contributed by atoms with Crippen LogP contribution in [0.25, 0.3) is 5.69 Å². The maximum Gasteiger partial charge on any atom is 0.337 e. The average molecular weight is 463 g/mol. The van der Waals surface area contributed by atoms with E-state index < -0.39 is 0 Å². The van der Waals surface area contributed by atoms with Gasteiger partial charge in [-0.05, 0) is 80.0 Å². The summed E-state index contributed by atoms with van der Waals surface area (Å²) in [7, 11) is 1.39. The Labute approximate surface area is 200 Å². The van der Waals surface area contributed by atoms with Crippen molar-refractivity contribution in [2.24, 2.45) is 5.92 Å².